The van der Waals surface area contributed by atoms with Crippen molar-refractivity contribution in [3.05, 3.63) is 57.8 Å². The summed E-state index contributed by atoms with van der Waals surface area (Å²) in [7, 11) is 0. The number of hydrogen-bond acceptors (Lipinski definition) is 6. The fourth-order valence-corrected chi connectivity index (χ4v) is 4.81. The van der Waals surface area contributed by atoms with E-state index >= 15 is 0 Å². The number of carbonyl (C=O) groups is 2. The molecular weight excluding hydrogens is 418 g/mol. The molecular formula is C23H25NO4S2. The highest BCUT2D eigenvalue weighted by atomic mass is 32.1. The van der Waals surface area contributed by atoms with E-state index in [1.807, 2.05) is 48.0 Å². The van der Waals surface area contributed by atoms with Gasteiger partial charge in [-0.15, -0.1) is 22.7 Å². The lowest BCUT2D eigenvalue weighted by molar-refractivity contribution is -0.118. The third-order valence-electron chi connectivity index (χ3n) is 4.46. The fourth-order valence-electron chi connectivity index (χ4n) is 3.02. The first-order valence-corrected chi connectivity index (χ1v) is 11.5. The Bertz CT molecular complexity index is 1020. The molecule has 2 heterocycles. The summed E-state index contributed by atoms with van der Waals surface area (Å²) in [5, 5.41) is 7.11. The summed E-state index contributed by atoms with van der Waals surface area (Å²) in [6, 6.07) is 9.86. The zero-order chi connectivity index (χ0) is 21.7. The molecule has 0 saturated carbocycles. The van der Waals surface area contributed by atoms with Gasteiger partial charge in [0.25, 0.3) is 5.91 Å². The largest absolute Gasteiger partial charge is 0.483 e. The number of benzene rings is 1. The molecule has 0 unspecified atom stereocenters. The van der Waals surface area contributed by atoms with E-state index in [4.69, 9.17) is 9.47 Å². The first-order chi connectivity index (χ1) is 14.4. The number of hydrogen-bond donors (Lipinski definition) is 1. The first kappa shape index (κ1) is 22.1. The SMILES string of the molecule is CCOC(=O)c1c(-c2cccs2)csc1NC(=O)COc1cc(C)ccc1C(C)C. The molecule has 30 heavy (non-hydrogen) atoms. The normalized spacial score (nSPS) is 10.8. The maximum absolute atomic E-state index is 12.6. The molecule has 3 rings (SSSR count). The van der Waals surface area contributed by atoms with E-state index in [2.05, 4.69) is 19.2 Å². The number of amides is 1. The number of thiophene rings is 2. The summed E-state index contributed by atoms with van der Waals surface area (Å²) < 4.78 is 11.0. The average molecular weight is 444 g/mol. The van der Waals surface area contributed by atoms with Crippen molar-refractivity contribution in [3.8, 4) is 16.2 Å². The molecule has 0 saturated heterocycles. The average Bonchev–Trinajstić information content (AvgIpc) is 3.36. The maximum atomic E-state index is 12.6. The molecule has 0 aliphatic carbocycles. The molecule has 1 amide bonds. The van der Waals surface area contributed by atoms with Gasteiger partial charge in [-0.2, -0.15) is 0 Å². The Hall–Kier alpha value is -2.64. The standard InChI is InChI=1S/C23H25NO4S2/c1-5-27-23(26)21-17(19-7-6-10-29-19)13-30-22(21)24-20(25)12-28-18-11-15(4)8-9-16(18)14(2)3/h6-11,13-14H,5,12H2,1-4H3,(H,24,25). The minimum atomic E-state index is -0.445. The number of esters is 1. The quantitative estimate of drug-likeness (QED) is 0.427. The van der Waals surface area contributed by atoms with Crippen molar-refractivity contribution in [1.29, 1.82) is 0 Å². The van der Waals surface area contributed by atoms with E-state index in [1.54, 1.807) is 6.92 Å². The van der Waals surface area contributed by atoms with Crippen LogP contribution in [0.25, 0.3) is 10.4 Å². The van der Waals surface area contributed by atoms with Crippen LogP contribution in [-0.2, 0) is 9.53 Å². The van der Waals surface area contributed by atoms with Crippen LogP contribution in [0.15, 0.2) is 41.1 Å². The van der Waals surface area contributed by atoms with Crippen LogP contribution < -0.4 is 10.1 Å². The van der Waals surface area contributed by atoms with Gasteiger partial charge in [0.2, 0.25) is 0 Å². The van der Waals surface area contributed by atoms with Gasteiger partial charge in [-0.25, -0.2) is 4.79 Å². The Labute approximate surface area is 184 Å². The monoisotopic (exact) mass is 443 g/mol. The van der Waals surface area contributed by atoms with Gasteiger partial charge in [-0.1, -0.05) is 32.0 Å². The second kappa shape index (κ2) is 9.91. The van der Waals surface area contributed by atoms with Crippen molar-refractivity contribution in [3.63, 3.8) is 0 Å². The smallest absolute Gasteiger partial charge is 0.341 e. The number of ether oxygens (including phenoxy) is 2. The predicted molar refractivity (Wildman–Crippen MR) is 123 cm³/mol. The van der Waals surface area contributed by atoms with Crippen LogP contribution in [0, 0.1) is 6.92 Å². The van der Waals surface area contributed by atoms with Crippen molar-refractivity contribution < 1.29 is 19.1 Å². The van der Waals surface area contributed by atoms with Crippen LogP contribution in [0.5, 0.6) is 5.75 Å². The molecule has 0 spiro atoms. The number of rotatable bonds is 8. The van der Waals surface area contributed by atoms with E-state index < -0.39 is 5.97 Å². The second-order valence-electron chi connectivity index (χ2n) is 7.08. The lowest BCUT2D eigenvalue weighted by Crippen LogP contribution is -2.21. The Morgan fingerprint density at radius 3 is 2.63 bits per heavy atom. The van der Waals surface area contributed by atoms with E-state index in [0.717, 1.165) is 21.6 Å². The Balaban J connectivity index is 1.77. The Morgan fingerprint density at radius 2 is 1.97 bits per heavy atom. The highest BCUT2D eigenvalue weighted by Crippen LogP contribution is 2.38. The Kier molecular flexibility index (Phi) is 7.29. The summed E-state index contributed by atoms with van der Waals surface area (Å²) in [4.78, 5) is 26.1. The van der Waals surface area contributed by atoms with Crippen LogP contribution in [0.2, 0.25) is 0 Å². The molecule has 1 N–H and O–H groups in total. The van der Waals surface area contributed by atoms with Gasteiger partial charge in [-0.3, -0.25) is 4.79 Å². The highest BCUT2D eigenvalue weighted by Gasteiger charge is 2.23. The molecule has 3 aromatic rings. The van der Waals surface area contributed by atoms with Gasteiger partial charge in [0.1, 0.15) is 16.3 Å². The van der Waals surface area contributed by atoms with Crippen molar-refractivity contribution in [1.82, 2.24) is 0 Å². The zero-order valence-electron chi connectivity index (χ0n) is 17.5. The molecule has 2 aromatic heterocycles. The van der Waals surface area contributed by atoms with Gasteiger partial charge in [0, 0.05) is 15.8 Å². The molecule has 7 heteroatoms. The number of carbonyl (C=O) groups excluding carboxylic acids is 2. The van der Waals surface area contributed by atoms with Crippen molar-refractivity contribution in [2.75, 3.05) is 18.5 Å². The summed E-state index contributed by atoms with van der Waals surface area (Å²) in [5.41, 5.74) is 3.27. The fraction of sp³-hybridized carbons (Fsp3) is 0.304. The topological polar surface area (TPSA) is 64.6 Å². The van der Waals surface area contributed by atoms with Crippen molar-refractivity contribution in [2.24, 2.45) is 0 Å². The molecule has 1 aromatic carbocycles. The summed E-state index contributed by atoms with van der Waals surface area (Å²) in [6.45, 7) is 8.04. The summed E-state index contributed by atoms with van der Waals surface area (Å²) >= 11 is 2.84. The number of anilines is 1. The van der Waals surface area contributed by atoms with Gasteiger partial charge in [-0.05, 0) is 48.4 Å². The van der Waals surface area contributed by atoms with E-state index in [0.29, 0.717) is 16.3 Å². The summed E-state index contributed by atoms with van der Waals surface area (Å²) in [6.07, 6.45) is 0. The molecule has 0 radical (unpaired) electrons. The van der Waals surface area contributed by atoms with E-state index in [9.17, 15) is 9.59 Å². The third kappa shape index (κ3) is 5.09. The van der Waals surface area contributed by atoms with E-state index in [1.165, 1.54) is 22.7 Å². The third-order valence-corrected chi connectivity index (χ3v) is 6.26. The van der Waals surface area contributed by atoms with Gasteiger partial charge in [0.15, 0.2) is 6.61 Å². The van der Waals surface area contributed by atoms with Crippen molar-refractivity contribution >= 4 is 39.6 Å². The van der Waals surface area contributed by atoms with Crippen LogP contribution in [-0.4, -0.2) is 25.1 Å². The molecule has 158 valence electrons. The predicted octanol–water partition coefficient (Wildman–Crippen LogP) is 6.10. The molecule has 0 aliphatic rings. The lowest BCUT2D eigenvalue weighted by Gasteiger charge is -2.15. The van der Waals surface area contributed by atoms with E-state index in [-0.39, 0.29) is 25.0 Å². The minimum absolute atomic E-state index is 0.141. The lowest BCUT2D eigenvalue weighted by atomic mass is 10.0. The van der Waals surface area contributed by atoms with Crippen LogP contribution in [0.4, 0.5) is 5.00 Å². The van der Waals surface area contributed by atoms with Gasteiger partial charge >= 0.3 is 5.97 Å². The van der Waals surface area contributed by atoms with Gasteiger partial charge < -0.3 is 14.8 Å². The molecule has 0 atom stereocenters. The maximum Gasteiger partial charge on any atom is 0.341 e. The number of nitrogens with one attached hydrogen (secondary N) is 1. The molecule has 0 aliphatic heterocycles. The first-order valence-electron chi connectivity index (χ1n) is 9.76. The van der Waals surface area contributed by atoms with Crippen molar-refractivity contribution in [2.45, 2.75) is 33.6 Å². The van der Waals surface area contributed by atoms with Gasteiger partial charge in [0.05, 0.1) is 6.61 Å². The van der Waals surface area contributed by atoms with Crippen LogP contribution in [0.1, 0.15) is 48.2 Å². The minimum Gasteiger partial charge on any atom is -0.483 e. The Morgan fingerprint density at radius 1 is 1.17 bits per heavy atom. The molecule has 0 fully saturated rings. The highest BCUT2D eigenvalue weighted by molar-refractivity contribution is 7.17. The molecule has 0 bridgehead atoms. The zero-order valence-corrected chi connectivity index (χ0v) is 19.1. The van der Waals surface area contributed by atoms with Crippen LogP contribution >= 0.6 is 22.7 Å². The van der Waals surface area contributed by atoms with Crippen LogP contribution in [0.3, 0.4) is 0 Å². The second-order valence-corrected chi connectivity index (χ2v) is 8.91. The number of aryl methyl sites for hydroxylation is 1. The molecule has 5 nitrogen and oxygen atoms in total. The summed E-state index contributed by atoms with van der Waals surface area (Å²) in [5.74, 6) is 0.219.